The zero-order valence-electron chi connectivity index (χ0n) is 11.3. The van der Waals surface area contributed by atoms with Crippen molar-refractivity contribution in [3.8, 4) is 0 Å². The lowest BCUT2D eigenvalue weighted by Gasteiger charge is -2.09. The van der Waals surface area contributed by atoms with E-state index >= 15 is 0 Å². The number of carbonyl (C=O) groups is 1. The number of aromatic nitrogens is 3. The first-order valence-electron chi connectivity index (χ1n) is 6.28. The molecule has 0 saturated heterocycles. The van der Waals surface area contributed by atoms with Crippen LogP contribution < -0.4 is 5.32 Å². The molecule has 0 aliphatic rings. The van der Waals surface area contributed by atoms with Gasteiger partial charge in [0.15, 0.2) is 5.65 Å². The van der Waals surface area contributed by atoms with E-state index in [4.69, 9.17) is 5.11 Å². The first kappa shape index (κ1) is 13.5. The molecule has 2 rings (SSSR count). The molecule has 2 N–H and O–H groups in total. The highest BCUT2D eigenvalue weighted by Crippen LogP contribution is 2.19. The van der Waals surface area contributed by atoms with Crippen molar-refractivity contribution in [1.29, 1.82) is 0 Å². The molecule has 102 valence electrons. The van der Waals surface area contributed by atoms with Crippen LogP contribution in [0.3, 0.4) is 0 Å². The fourth-order valence-electron chi connectivity index (χ4n) is 1.94. The Bertz CT molecular complexity index is 604. The number of carbonyl (C=O) groups excluding carboxylic acids is 1. The number of nitrogens with one attached hydrogen (secondary N) is 1. The highest BCUT2D eigenvalue weighted by Gasteiger charge is 2.14. The van der Waals surface area contributed by atoms with Gasteiger partial charge in [-0.15, -0.1) is 0 Å². The summed E-state index contributed by atoms with van der Waals surface area (Å²) in [6.07, 6.45) is 1.71. The number of aryl methyl sites for hydroxylation is 1. The summed E-state index contributed by atoms with van der Waals surface area (Å²) in [5.74, 6) is -0.224. The molecule has 0 radical (unpaired) electrons. The summed E-state index contributed by atoms with van der Waals surface area (Å²) in [7, 11) is 0. The average Bonchev–Trinajstić information content (AvgIpc) is 2.77. The smallest absolute Gasteiger partial charge is 0.253 e. The van der Waals surface area contributed by atoms with Gasteiger partial charge in [0.25, 0.3) is 5.91 Å². The molecule has 0 aromatic carbocycles. The van der Waals surface area contributed by atoms with Gasteiger partial charge in [-0.3, -0.25) is 4.79 Å². The highest BCUT2D eigenvalue weighted by molar-refractivity contribution is 5.98. The molecule has 1 amide bonds. The standard InChI is InChI=1S/C13H18N4O2/c1-8(2)17-12-10(7-15-17)6-11(9(3)16-12)13(19)14-4-5-18/h6-8,18H,4-5H2,1-3H3,(H,14,19). The Morgan fingerprint density at radius 1 is 1.53 bits per heavy atom. The minimum Gasteiger partial charge on any atom is -0.395 e. The van der Waals surface area contributed by atoms with Gasteiger partial charge in [-0.1, -0.05) is 0 Å². The van der Waals surface area contributed by atoms with Gasteiger partial charge in [0.2, 0.25) is 0 Å². The molecule has 2 heterocycles. The Hall–Kier alpha value is -1.95. The van der Waals surface area contributed by atoms with Crippen LogP contribution in [0.1, 0.15) is 35.9 Å². The lowest BCUT2D eigenvalue weighted by atomic mass is 10.1. The van der Waals surface area contributed by atoms with Crippen molar-refractivity contribution in [2.75, 3.05) is 13.2 Å². The molecule has 0 saturated carbocycles. The number of hydrogen-bond donors (Lipinski definition) is 2. The predicted octanol–water partition coefficient (Wildman–Crippen LogP) is 1.04. The Balaban J connectivity index is 2.43. The second kappa shape index (κ2) is 5.36. The number of nitrogens with zero attached hydrogens (tertiary/aromatic N) is 3. The summed E-state index contributed by atoms with van der Waals surface area (Å²) in [6, 6.07) is 2.01. The summed E-state index contributed by atoms with van der Waals surface area (Å²) in [6.45, 7) is 6.02. The molecule has 19 heavy (non-hydrogen) atoms. The van der Waals surface area contributed by atoms with Gasteiger partial charge in [0, 0.05) is 18.0 Å². The second-order valence-electron chi connectivity index (χ2n) is 4.70. The first-order valence-corrected chi connectivity index (χ1v) is 6.28. The zero-order chi connectivity index (χ0) is 14.0. The number of fused-ring (bicyclic) bond motifs is 1. The van der Waals surface area contributed by atoms with Crippen LogP contribution in [0.2, 0.25) is 0 Å². The molecule has 6 nitrogen and oxygen atoms in total. The van der Waals surface area contributed by atoms with Crippen LogP contribution in [0, 0.1) is 6.92 Å². The maximum atomic E-state index is 11.9. The summed E-state index contributed by atoms with van der Waals surface area (Å²) >= 11 is 0. The number of aliphatic hydroxyl groups is 1. The van der Waals surface area contributed by atoms with Crippen LogP contribution in [-0.2, 0) is 0 Å². The molecule has 2 aromatic rings. The maximum Gasteiger partial charge on any atom is 0.253 e. The topological polar surface area (TPSA) is 80.0 Å². The maximum absolute atomic E-state index is 11.9. The molecule has 0 atom stereocenters. The van der Waals surface area contributed by atoms with E-state index in [2.05, 4.69) is 15.4 Å². The largest absolute Gasteiger partial charge is 0.395 e. The SMILES string of the molecule is Cc1nc2c(cnn2C(C)C)cc1C(=O)NCCO. The van der Waals surface area contributed by atoms with E-state index in [1.54, 1.807) is 19.2 Å². The Labute approximate surface area is 111 Å². The van der Waals surface area contributed by atoms with Crippen molar-refractivity contribution >= 4 is 16.9 Å². The number of pyridine rings is 1. The monoisotopic (exact) mass is 262 g/mol. The number of amides is 1. The summed E-state index contributed by atoms with van der Waals surface area (Å²) in [4.78, 5) is 16.4. The van der Waals surface area contributed by atoms with Gasteiger partial charge in [0.1, 0.15) is 0 Å². The normalized spacial score (nSPS) is 11.2. The van der Waals surface area contributed by atoms with E-state index in [-0.39, 0.29) is 25.1 Å². The fourth-order valence-corrected chi connectivity index (χ4v) is 1.94. The molecule has 6 heteroatoms. The van der Waals surface area contributed by atoms with E-state index in [0.29, 0.717) is 11.3 Å². The van der Waals surface area contributed by atoms with Crippen LogP contribution in [0.15, 0.2) is 12.3 Å². The van der Waals surface area contributed by atoms with Crippen molar-refractivity contribution in [3.05, 3.63) is 23.5 Å². The van der Waals surface area contributed by atoms with Gasteiger partial charge in [-0.25, -0.2) is 9.67 Å². The third-order valence-corrected chi connectivity index (χ3v) is 2.89. The number of aliphatic hydroxyl groups excluding tert-OH is 1. The Kier molecular flexibility index (Phi) is 3.80. The lowest BCUT2D eigenvalue weighted by molar-refractivity contribution is 0.0944. The molecule has 0 unspecified atom stereocenters. The van der Waals surface area contributed by atoms with E-state index in [0.717, 1.165) is 11.0 Å². The van der Waals surface area contributed by atoms with Crippen molar-refractivity contribution in [2.24, 2.45) is 0 Å². The van der Waals surface area contributed by atoms with Gasteiger partial charge in [-0.05, 0) is 26.8 Å². The Morgan fingerprint density at radius 2 is 2.26 bits per heavy atom. The minimum absolute atomic E-state index is 0.0776. The molecule has 0 aliphatic heterocycles. The Morgan fingerprint density at radius 3 is 2.89 bits per heavy atom. The van der Waals surface area contributed by atoms with Gasteiger partial charge in [0.05, 0.1) is 24.1 Å². The lowest BCUT2D eigenvalue weighted by Crippen LogP contribution is -2.27. The van der Waals surface area contributed by atoms with Gasteiger partial charge >= 0.3 is 0 Å². The fraction of sp³-hybridized carbons (Fsp3) is 0.462. The summed E-state index contributed by atoms with van der Waals surface area (Å²) in [5, 5.41) is 16.5. The summed E-state index contributed by atoms with van der Waals surface area (Å²) < 4.78 is 1.83. The van der Waals surface area contributed by atoms with Crippen LogP contribution in [-0.4, -0.2) is 38.9 Å². The summed E-state index contributed by atoms with van der Waals surface area (Å²) in [5.41, 5.74) is 1.96. The van der Waals surface area contributed by atoms with Crippen LogP contribution >= 0.6 is 0 Å². The van der Waals surface area contributed by atoms with Gasteiger partial charge < -0.3 is 10.4 Å². The van der Waals surface area contributed by atoms with E-state index < -0.39 is 0 Å². The van der Waals surface area contributed by atoms with E-state index in [1.165, 1.54) is 0 Å². The number of hydrogen-bond acceptors (Lipinski definition) is 4. The zero-order valence-corrected chi connectivity index (χ0v) is 11.3. The van der Waals surface area contributed by atoms with Crippen LogP contribution in [0.4, 0.5) is 0 Å². The van der Waals surface area contributed by atoms with Crippen molar-refractivity contribution in [3.63, 3.8) is 0 Å². The molecular weight excluding hydrogens is 244 g/mol. The minimum atomic E-state index is -0.224. The van der Waals surface area contributed by atoms with E-state index in [1.807, 2.05) is 18.5 Å². The molecule has 0 spiro atoms. The van der Waals surface area contributed by atoms with Crippen molar-refractivity contribution in [1.82, 2.24) is 20.1 Å². The highest BCUT2D eigenvalue weighted by atomic mass is 16.3. The third-order valence-electron chi connectivity index (χ3n) is 2.89. The second-order valence-corrected chi connectivity index (χ2v) is 4.70. The molecule has 2 aromatic heterocycles. The first-order chi connectivity index (χ1) is 9.04. The van der Waals surface area contributed by atoms with Crippen molar-refractivity contribution < 1.29 is 9.90 Å². The van der Waals surface area contributed by atoms with Crippen LogP contribution in [0.25, 0.3) is 11.0 Å². The molecule has 0 aliphatic carbocycles. The number of rotatable bonds is 4. The molecular formula is C13H18N4O2. The molecule has 0 fully saturated rings. The average molecular weight is 262 g/mol. The van der Waals surface area contributed by atoms with Crippen LogP contribution in [0.5, 0.6) is 0 Å². The predicted molar refractivity (Wildman–Crippen MR) is 72.1 cm³/mol. The quantitative estimate of drug-likeness (QED) is 0.863. The third kappa shape index (κ3) is 2.58. The molecule has 0 bridgehead atoms. The van der Waals surface area contributed by atoms with Gasteiger partial charge in [-0.2, -0.15) is 5.10 Å². The van der Waals surface area contributed by atoms with Crippen molar-refractivity contribution in [2.45, 2.75) is 26.8 Å². The van der Waals surface area contributed by atoms with E-state index in [9.17, 15) is 4.79 Å².